The monoisotopic (exact) mass is 272 g/mol. The lowest BCUT2D eigenvalue weighted by Crippen LogP contribution is -2.22. The number of methoxy groups -OCH3 is 1. The summed E-state index contributed by atoms with van der Waals surface area (Å²) in [4.78, 5) is 1.93. The first-order chi connectivity index (χ1) is 8.69. The zero-order valence-electron chi connectivity index (χ0n) is 10.9. The summed E-state index contributed by atoms with van der Waals surface area (Å²) >= 11 is 6.22. The number of hydrogen-bond donors (Lipinski definition) is 2. The van der Waals surface area contributed by atoms with Crippen LogP contribution in [0.4, 0.5) is 5.69 Å². The van der Waals surface area contributed by atoms with Crippen molar-refractivity contribution in [3.63, 3.8) is 0 Å². The SMILES string of the molecule is COCCNCc1ccc(N(C)CCO)c(Cl)c1. The van der Waals surface area contributed by atoms with E-state index < -0.39 is 0 Å². The molecule has 0 aliphatic heterocycles. The zero-order chi connectivity index (χ0) is 13.4. The van der Waals surface area contributed by atoms with Crippen LogP contribution in [0.3, 0.4) is 0 Å². The van der Waals surface area contributed by atoms with Crippen LogP contribution in [0.15, 0.2) is 18.2 Å². The van der Waals surface area contributed by atoms with Crippen molar-refractivity contribution in [2.45, 2.75) is 6.54 Å². The molecule has 0 bridgehead atoms. The first kappa shape index (κ1) is 15.2. The Morgan fingerprint density at radius 3 is 2.83 bits per heavy atom. The fourth-order valence-corrected chi connectivity index (χ4v) is 1.99. The highest BCUT2D eigenvalue weighted by atomic mass is 35.5. The van der Waals surface area contributed by atoms with Gasteiger partial charge in [0.1, 0.15) is 0 Å². The maximum atomic E-state index is 8.90. The number of likely N-dealkylation sites (N-methyl/N-ethyl adjacent to an activating group) is 1. The van der Waals surface area contributed by atoms with Gasteiger partial charge in [-0.2, -0.15) is 0 Å². The average Bonchev–Trinajstić information content (AvgIpc) is 2.35. The molecular formula is C13H21ClN2O2. The first-order valence-electron chi connectivity index (χ1n) is 5.99. The van der Waals surface area contributed by atoms with Gasteiger partial charge in [0.05, 0.1) is 23.9 Å². The van der Waals surface area contributed by atoms with Gasteiger partial charge >= 0.3 is 0 Å². The number of nitrogens with one attached hydrogen (secondary N) is 1. The number of benzene rings is 1. The summed E-state index contributed by atoms with van der Waals surface area (Å²) in [6.07, 6.45) is 0. The van der Waals surface area contributed by atoms with Gasteiger partial charge in [0.15, 0.2) is 0 Å². The van der Waals surface area contributed by atoms with Gasteiger partial charge < -0.3 is 20.1 Å². The molecule has 0 heterocycles. The predicted molar refractivity (Wildman–Crippen MR) is 75.4 cm³/mol. The smallest absolute Gasteiger partial charge is 0.0642 e. The molecular weight excluding hydrogens is 252 g/mol. The van der Waals surface area contributed by atoms with Crippen LogP contribution in [0.5, 0.6) is 0 Å². The summed E-state index contributed by atoms with van der Waals surface area (Å²) in [5.41, 5.74) is 2.07. The summed E-state index contributed by atoms with van der Waals surface area (Å²) in [6, 6.07) is 5.96. The van der Waals surface area contributed by atoms with E-state index in [1.54, 1.807) is 7.11 Å². The van der Waals surface area contributed by atoms with Gasteiger partial charge in [-0.05, 0) is 17.7 Å². The Morgan fingerprint density at radius 1 is 1.44 bits per heavy atom. The Bertz CT molecular complexity index is 361. The number of ether oxygens (including phenoxy) is 1. The minimum atomic E-state index is 0.118. The van der Waals surface area contributed by atoms with E-state index in [9.17, 15) is 0 Å². The maximum Gasteiger partial charge on any atom is 0.0642 e. The fraction of sp³-hybridized carbons (Fsp3) is 0.538. The van der Waals surface area contributed by atoms with Crippen LogP contribution in [0.25, 0.3) is 0 Å². The quantitative estimate of drug-likeness (QED) is 0.704. The van der Waals surface area contributed by atoms with Gasteiger partial charge in [0.2, 0.25) is 0 Å². The van der Waals surface area contributed by atoms with Gasteiger partial charge in [-0.25, -0.2) is 0 Å². The van der Waals surface area contributed by atoms with Crippen LogP contribution >= 0.6 is 11.6 Å². The van der Waals surface area contributed by atoms with E-state index in [1.807, 2.05) is 30.1 Å². The molecule has 0 atom stereocenters. The van der Waals surface area contributed by atoms with Crippen molar-refractivity contribution in [3.05, 3.63) is 28.8 Å². The molecule has 2 N–H and O–H groups in total. The van der Waals surface area contributed by atoms with Gasteiger partial charge in [0, 0.05) is 33.8 Å². The van der Waals surface area contributed by atoms with Crippen molar-refractivity contribution in [2.75, 3.05) is 45.4 Å². The highest BCUT2D eigenvalue weighted by Gasteiger charge is 2.06. The number of aliphatic hydroxyl groups excluding tert-OH is 1. The Labute approximate surface area is 114 Å². The molecule has 1 rings (SSSR count). The van der Waals surface area contributed by atoms with Crippen molar-refractivity contribution >= 4 is 17.3 Å². The second-order valence-electron chi connectivity index (χ2n) is 4.10. The third kappa shape index (κ3) is 4.82. The molecule has 0 saturated heterocycles. The maximum absolute atomic E-state index is 8.90. The Kier molecular flexibility index (Phi) is 7.05. The Balaban J connectivity index is 2.56. The van der Waals surface area contributed by atoms with E-state index in [0.29, 0.717) is 18.2 Å². The van der Waals surface area contributed by atoms with Gasteiger partial charge in [-0.15, -0.1) is 0 Å². The second-order valence-corrected chi connectivity index (χ2v) is 4.51. The number of hydrogen-bond acceptors (Lipinski definition) is 4. The summed E-state index contributed by atoms with van der Waals surface area (Å²) in [5, 5.41) is 12.9. The van der Waals surface area contributed by atoms with Crippen LogP contribution in [0, 0.1) is 0 Å². The highest BCUT2D eigenvalue weighted by molar-refractivity contribution is 6.33. The second kappa shape index (κ2) is 8.32. The van der Waals surface area contributed by atoms with Crippen molar-refractivity contribution in [1.82, 2.24) is 5.32 Å². The molecule has 102 valence electrons. The molecule has 0 fully saturated rings. The minimum Gasteiger partial charge on any atom is -0.395 e. The zero-order valence-corrected chi connectivity index (χ0v) is 11.7. The lowest BCUT2D eigenvalue weighted by atomic mass is 10.2. The topological polar surface area (TPSA) is 44.7 Å². The van der Waals surface area contributed by atoms with E-state index in [4.69, 9.17) is 21.4 Å². The van der Waals surface area contributed by atoms with Crippen molar-refractivity contribution in [3.8, 4) is 0 Å². The molecule has 18 heavy (non-hydrogen) atoms. The van der Waals surface area contributed by atoms with Crippen LogP contribution in [-0.2, 0) is 11.3 Å². The molecule has 0 radical (unpaired) electrons. The van der Waals surface area contributed by atoms with E-state index in [2.05, 4.69) is 5.32 Å². The minimum absolute atomic E-state index is 0.118. The molecule has 0 amide bonds. The molecule has 0 aliphatic carbocycles. The van der Waals surface area contributed by atoms with Crippen LogP contribution in [0.2, 0.25) is 5.02 Å². The molecule has 0 unspecified atom stereocenters. The molecule has 1 aromatic carbocycles. The lowest BCUT2D eigenvalue weighted by Gasteiger charge is -2.19. The largest absolute Gasteiger partial charge is 0.395 e. The van der Waals surface area contributed by atoms with Crippen LogP contribution in [-0.4, -0.2) is 45.6 Å². The van der Waals surface area contributed by atoms with E-state index in [0.717, 1.165) is 24.3 Å². The molecule has 0 aromatic heterocycles. The predicted octanol–water partition coefficient (Wildman–Crippen LogP) is 1.50. The number of rotatable bonds is 8. The third-order valence-electron chi connectivity index (χ3n) is 2.67. The molecule has 4 nitrogen and oxygen atoms in total. The number of aliphatic hydroxyl groups is 1. The van der Waals surface area contributed by atoms with Crippen molar-refractivity contribution < 1.29 is 9.84 Å². The Hall–Kier alpha value is -0.810. The fourth-order valence-electron chi connectivity index (χ4n) is 1.65. The number of anilines is 1. The van der Waals surface area contributed by atoms with Gasteiger partial charge in [-0.3, -0.25) is 0 Å². The first-order valence-corrected chi connectivity index (χ1v) is 6.37. The van der Waals surface area contributed by atoms with Gasteiger partial charge in [0.25, 0.3) is 0 Å². The molecule has 5 heteroatoms. The van der Waals surface area contributed by atoms with E-state index >= 15 is 0 Å². The standard InChI is InChI=1S/C13H21ClN2O2/c1-16(6-7-17)13-4-3-11(9-12(13)14)10-15-5-8-18-2/h3-4,9,15,17H,5-8,10H2,1-2H3. The number of halogens is 1. The summed E-state index contributed by atoms with van der Waals surface area (Å²) in [6.45, 7) is 2.98. The van der Waals surface area contributed by atoms with Crippen LogP contribution in [0.1, 0.15) is 5.56 Å². The summed E-state index contributed by atoms with van der Waals surface area (Å²) in [5.74, 6) is 0. The molecule has 0 aliphatic rings. The van der Waals surface area contributed by atoms with E-state index in [-0.39, 0.29) is 6.61 Å². The summed E-state index contributed by atoms with van der Waals surface area (Å²) in [7, 11) is 3.60. The highest BCUT2D eigenvalue weighted by Crippen LogP contribution is 2.25. The van der Waals surface area contributed by atoms with Gasteiger partial charge in [-0.1, -0.05) is 17.7 Å². The molecule has 0 saturated carbocycles. The van der Waals surface area contributed by atoms with Crippen molar-refractivity contribution in [1.29, 1.82) is 0 Å². The lowest BCUT2D eigenvalue weighted by molar-refractivity contribution is 0.199. The Morgan fingerprint density at radius 2 is 2.22 bits per heavy atom. The normalized spacial score (nSPS) is 10.7. The van der Waals surface area contributed by atoms with Crippen LogP contribution < -0.4 is 10.2 Å². The average molecular weight is 273 g/mol. The van der Waals surface area contributed by atoms with E-state index in [1.165, 1.54) is 0 Å². The molecule has 1 aromatic rings. The number of nitrogens with zero attached hydrogens (tertiary/aromatic N) is 1. The van der Waals surface area contributed by atoms with Crippen molar-refractivity contribution in [2.24, 2.45) is 0 Å². The summed E-state index contributed by atoms with van der Waals surface area (Å²) < 4.78 is 4.96. The molecule has 0 spiro atoms. The third-order valence-corrected chi connectivity index (χ3v) is 2.97.